The van der Waals surface area contributed by atoms with E-state index < -0.39 is 0 Å². The Balaban J connectivity index is 0.000000720. The van der Waals surface area contributed by atoms with Gasteiger partial charge in [0.1, 0.15) is 0 Å². The molecule has 0 aliphatic carbocycles. The molecule has 6 N–H and O–H groups in total. The van der Waals surface area contributed by atoms with Crippen molar-refractivity contribution in [1.29, 1.82) is 0 Å². The van der Waals surface area contributed by atoms with E-state index in [1.54, 1.807) is 0 Å². The van der Waals surface area contributed by atoms with Gasteiger partial charge in [-0.2, -0.15) is 0 Å². The third-order valence-electron chi connectivity index (χ3n) is 2.23. The Morgan fingerprint density at radius 1 is 0.846 bits per heavy atom. The van der Waals surface area contributed by atoms with E-state index in [2.05, 4.69) is 35.2 Å². The van der Waals surface area contributed by atoms with Gasteiger partial charge in [-0.1, -0.05) is 18.2 Å². The lowest BCUT2D eigenvalue weighted by Crippen LogP contribution is -2.16. The summed E-state index contributed by atoms with van der Waals surface area (Å²) < 4.78 is 0. The lowest BCUT2D eigenvalue weighted by Gasteiger charge is -2.16. The van der Waals surface area contributed by atoms with Gasteiger partial charge in [0, 0.05) is 18.8 Å². The average molecular weight is 181 g/mol. The van der Waals surface area contributed by atoms with Crippen LogP contribution in [0, 0.1) is 0 Å². The fourth-order valence-electron chi connectivity index (χ4n) is 1.61. The Bertz CT molecular complexity index is 217. The second kappa shape index (κ2) is 5.56. The zero-order chi connectivity index (χ0) is 7.52. The highest BCUT2D eigenvalue weighted by Crippen LogP contribution is 2.18. The number of nitrogens with zero attached hydrogens (tertiary/aromatic N) is 1. The standard InChI is InChI=1S/C10H13N.2H3N/c1-2-6-10(7-3-1)11-8-4-5-9-11;;/h1-3,6-7H,4-5,8-9H2;2*1H3. The summed E-state index contributed by atoms with van der Waals surface area (Å²) in [6.07, 6.45) is 2.71. The number of para-hydroxylation sites is 1. The minimum Gasteiger partial charge on any atom is -0.372 e. The largest absolute Gasteiger partial charge is 0.372 e. The molecule has 1 saturated heterocycles. The Hall–Kier alpha value is -1.06. The van der Waals surface area contributed by atoms with Gasteiger partial charge < -0.3 is 17.2 Å². The van der Waals surface area contributed by atoms with Crippen LogP contribution in [0.15, 0.2) is 30.3 Å². The van der Waals surface area contributed by atoms with Crippen LogP contribution in [0.4, 0.5) is 5.69 Å². The smallest absolute Gasteiger partial charge is 0.0366 e. The molecule has 3 nitrogen and oxygen atoms in total. The molecule has 74 valence electrons. The van der Waals surface area contributed by atoms with E-state index in [1.165, 1.54) is 31.6 Å². The highest BCUT2D eigenvalue weighted by Gasteiger charge is 2.10. The molecular weight excluding hydrogens is 162 g/mol. The molecule has 0 aromatic heterocycles. The van der Waals surface area contributed by atoms with Crippen molar-refractivity contribution in [2.75, 3.05) is 18.0 Å². The minimum absolute atomic E-state index is 0. The topological polar surface area (TPSA) is 73.2 Å². The second-order valence-corrected chi connectivity index (χ2v) is 3.03. The van der Waals surface area contributed by atoms with E-state index in [-0.39, 0.29) is 12.3 Å². The number of rotatable bonds is 1. The Morgan fingerprint density at radius 2 is 1.38 bits per heavy atom. The summed E-state index contributed by atoms with van der Waals surface area (Å²) in [6, 6.07) is 10.7. The molecule has 0 spiro atoms. The highest BCUT2D eigenvalue weighted by atomic mass is 15.1. The minimum atomic E-state index is 0. The maximum absolute atomic E-state index is 2.44. The first kappa shape index (κ1) is 11.9. The van der Waals surface area contributed by atoms with Crippen molar-refractivity contribution in [3.05, 3.63) is 30.3 Å². The molecule has 1 aliphatic heterocycles. The van der Waals surface area contributed by atoms with E-state index >= 15 is 0 Å². The Labute approximate surface area is 79.9 Å². The summed E-state index contributed by atoms with van der Waals surface area (Å²) in [5.74, 6) is 0. The molecule has 1 aromatic carbocycles. The first-order valence-corrected chi connectivity index (χ1v) is 4.27. The normalized spacial score (nSPS) is 14.6. The maximum atomic E-state index is 2.44. The monoisotopic (exact) mass is 181 g/mol. The second-order valence-electron chi connectivity index (χ2n) is 3.03. The van der Waals surface area contributed by atoms with Crippen LogP contribution in [0.25, 0.3) is 0 Å². The number of hydrogen-bond donors (Lipinski definition) is 2. The number of anilines is 1. The third kappa shape index (κ3) is 2.72. The first-order valence-electron chi connectivity index (χ1n) is 4.27. The van der Waals surface area contributed by atoms with Crippen LogP contribution in [0.3, 0.4) is 0 Å². The molecule has 1 fully saturated rings. The van der Waals surface area contributed by atoms with Crippen LogP contribution in [-0.4, -0.2) is 13.1 Å². The fraction of sp³-hybridized carbons (Fsp3) is 0.400. The molecule has 0 amide bonds. The molecule has 1 aromatic rings. The van der Waals surface area contributed by atoms with Gasteiger partial charge in [-0.05, 0) is 25.0 Å². The molecule has 3 heteroatoms. The van der Waals surface area contributed by atoms with Crippen molar-refractivity contribution < 1.29 is 0 Å². The summed E-state index contributed by atoms with van der Waals surface area (Å²) in [4.78, 5) is 2.44. The molecule has 0 bridgehead atoms. The van der Waals surface area contributed by atoms with E-state index in [1.807, 2.05) is 0 Å². The van der Waals surface area contributed by atoms with Crippen LogP contribution in [0.1, 0.15) is 12.8 Å². The van der Waals surface area contributed by atoms with Crippen molar-refractivity contribution >= 4 is 5.69 Å². The molecule has 1 heterocycles. The molecular formula is C10H19N3. The molecule has 0 unspecified atom stereocenters. The average Bonchev–Trinajstić information content (AvgIpc) is 2.58. The lowest BCUT2D eigenvalue weighted by molar-refractivity contribution is 0.949. The highest BCUT2D eigenvalue weighted by molar-refractivity contribution is 5.46. The van der Waals surface area contributed by atoms with Crippen molar-refractivity contribution in [3.63, 3.8) is 0 Å². The predicted octanol–water partition coefficient (Wildman–Crippen LogP) is 2.61. The molecule has 0 atom stereocenters. The van der Waals surface area contributed by atoms with Gasteiger partial charge in [0.15, 0.2) is 0 Å². The Morgan fingerprint density at radius 3 is 1.92 bits per heavy atom. The van der Waals surface area contributed by atoms with Crippen molar-refractivity contribution in [1.82, 2.24) is 12.3 Å². The van der Waals surface area contributed by atoms with Crippen LogP contribution >= 0.6 is 0 Å². The van der Waals surface area contributed by atoms with Gasteiger partial charge in [0.25, 0.3) is 0 Å². The quantitative estimate of drug-likeness (QED) is 0.699. The third-order valence-corrected chi connectivity index (χ3v) is 2.23. The summed E-state index contributed by atoms with van der Waals surface area (Å²) in [6.45, 7) is 2.48. The first-order chi connectivity index (χ1) is 5.47. The van der Waals surface area contributed by atoms with Crippen molar-refractivity contribution in [2.45, 2.75) is 12.8 Å². The predicted molar refractivity (Wildman–Crippen MR) is 57.9 cm³/mol. The van der Waals surface area contributed by atoms with Crippen LogP contribution < -0.4 is 17.2 Å². The van der Waals surface area contributed by atoms with Gasteiger partial charge in [-0.15, -0.1) is 0 Å². The summed E-state index contributed by atoms with van der Waals surface area (Å²) in [5, 5.41) is 0. The Kier molecular flexibility index (Phi) is 5.11. The van der Waals surface area contributed by atoms with Crippen LogP contribution in [0.2, 0.25) is 0 Å². The number of benzene rings is 1. The molecule has 13 heavy (non-hydrogen) atoms. The van der Waals surface area contributed by atoms with Gasteiger partial charge in [-0.3, -0.25) is 0 Å². The summed E-state index contributed by atoms with van der Waals surface area (Å²) in [7, 11) is 0. The van der Waals surface area contributed by atoms with Gasteiger partial charge in [-0.25, -0.2) is 0 Å². The van der Waals surface area contributed by atoms with Gasteiger partial charge in [0.2, 0.25) is 0 Å². The summed E-state index contributed by atoms with van der Waals surface area (Å²) in [5.41, 5.74) is 1.38. The van der Waals surface area contributed by atoms with Crippen LogP contribution in [0.5, 0.6) is 0 Å². The fourth-order valence-corrected chi connectivity index (χ4v) is 1.61. The molecule has 0 saturated carbocycles. The van der Waals surface area contributed by atoms with Crippen molar-refractivity contribution in [2.24, 2.45) is 0 Å². The SMILES string of the molecule is N.N.c1ccc(N2CCCC2)cc1. The van der Waals surface area contributed by atoms with E-state index in [4.69, 9.17) is 0 Å². The zero-order valence-corrected chi connectivity index (χ0v) is 8.08. The lowest BCUT2D eigenvalue weighted by atomic mass is 10.3. The summed E-state index contributed by atoms with van der Waals surface area (Å²) >= 11 is 0. The van der Waals surface area contributed by atoms with E-state index in [9.17, 15) is 0 Å². The number of hydrogen-bond acceptors (Lipinski definition) is 3. The molecule has 0 radical (unpaired) electrons. The van der Waals surface area contributed by atoms with Gasteiger partial charge >= 0.3 is 0 Å². The maximum Gasteiger partial charge on any atom is 0.0366 e. The molecule has 2 rings (SSSR count). The van der Waals surface area contributed by atoms with E-state index in [0.29, 0.717) is 0 Å². The van der Waals surface area contributed by atoms with Gasteiger partial charge in [0.05, 0.1) is 0 Å². The van der Waals surface area contributed by atoms with Crippen molar-refractivity contribution in [3.8, 4) is 0 Å². The van der Waals surface area contributed by atoms with E-state index in [0.717, 1.165) is 0 Å². The molecule has 1 aliphatic rings. The zero-order valence-electron chi connectivity index (χ0n) is 8.08. The van der Waals surface area contributed by atoms with Crippen LogP contribution in [-0.2, 0) is 0 Å².